The molecule has 19 heavy (non-hydrogen) atoms. The first-order valence-corrected chi connectivity index (χ1v) is 6.67. The molecule has 0 amide bonds. The van der Waals surface area contributed by atoms with Crippen LogP contribution in [0.15, 0.2) is 18.2 Å². The minimum absolute atomic E-state index is 0.0242. The predicted octanol–water partition coefficient (Wildman–Crippen LogP) is 2.69. The van der Waals surface area contributed by atoms with Crippen molar-refractivity contribution in [1.82, 2.24) is 0 Å². The van der Waals surface area contributed by atoms with Crippen molar-refractivity contribution in [3.63, 3.8) is 0 Å². The second kappa shape index (κ2) is 5.11. The van der Waals surface area contributed by atoms with Gasteiger partial charge in [-0.05, 0) is 37.5 Å². The average Bonchev–Trinajstić information content (AvgIpc) is 2.35. The first-order valence-electron chi connectivity index (χ1n) is 6.67. The van der Waals surface area contributed by atoms with Crippen molar-refractivity contribution in [3.8, 4) is 5.75 Å². The Morgan fingerprint density at radius 1 is 1.42 bits per heavy atom. The Bertz CT molecular complexity index is 484. The third kappa shape index (κ3) is 2.67. The van der Waals surface area contributed by atoms with Gasteiger partial charge in [-0.1, -0.05) is 19.9 Å². The third-order valence-electron chi connectivity index (χ3n) is 3.65. The van der Waals surface area contributed by atoms with Gasteiger partial charge in [-0.3, -0.25) is 0 Å². The molecule has 0 spiro atoms. The van der Waals surface area contributed by atoms with Crippen molar-refractivity contribution in [1.29, 1.82) is 0 Å². The molecule has 1 heterocycles. The standard InChI is InChI=1S/C15H21NO3/c1-9(2)14-8-16(11(4)15(17)18)12-6-5-10(3)7-13(12)19-14/h5-7,9,11,14H,8H2,1-4H3,(H,17,18). The van der Waals surface area contributed by atoms with Gasteiger partial charge < -0.3 is 14.7 Å². The van der Waals surface area contributed by atoms with Crippen molar-refractivity contribution in [2.24, 2.45) is 5.92 Å². The van der Waals surface area contributed by atoms with E-state index >= 15 is 0 Å². The van der Waals surface area contributed by atoms with E-state index in [4.69, 9.17) is 4.74 Å². The zero-order chi connectivity index (χ0) is 14.2. The number of anilines is 1. The number of hydrogen-bond donors (Lipinski definition) is 1. The Labute approximate surface area is 114 Å². The van der Waals surface area contributed by atoms with Gasteiger partial charge in [-0.25, -0.2) is 4.79 Å². The molecule has 0 aliphatic carbocycles. The molecular formula is C15H21NO3. The van der Waals surface area contributed by atoms with Crippen LogP contribution >= 0.6 is 0 Å². The Balaban J connectivity index is 2.41. The van der Waals surface area contributed by atoms with Gasteiger partial charge in [0.05, 0.1) is 12.2 Å². The van der Waals surface area contributed by atoms with E-state index in [-0.39, 0.29) is 6.10 Å². The molecule has 2 rings (SSSR count). The summed E-state index contributed by atoms with van der Waals surface area (Å²) in [5, 5.41) is 9.26. The lowest BCUT2D eigenvalue weighted by molar-refractivity contribution is -0.138. The molecule has 0 saturated carbocycles. The first-order chi connectivity index (χ1) is 8.90. The van der Waals surface area contributed by atoms with Crippen LogP contribution in [0.5, 0.6) is 5.75 Å². The number of aryl methyl sites for hydroxylation is 1. The molecule has 0 fully saturated rings. The molecule has 0 saturated heterocycles. The summed E-state index contributed by atoms with van der Waals surface area (Å²) in [5.41, 5.74) is 1.99. The molecule has 2 atom stereocenters. The van der Waals surface area contributed by atoms with Gasteiger partial charge >= 0.3 is 5.97 Å². The Kier molecular flexibility index (Phi) is 3.69. The number of carboxylic acid groups (broad SMARTS) is 1. The van der Waals surface area contributed by atoms with Crippen LogP contribution in [-0.2, 0) is 4.79 Å². The average molecular weight is 263 g/mol. The van der Waals surface area contributed by atoms with E-state index in [9.17, 15) is 9.90 Å². The first kappa shape index (κ1) is 13.7. The van der Waals surface area contributed by atoms with Crippen molar-refractivity contribution >= 4 is 11.7 Å². The van der Waals surface area contributed by atoms with E-state index in [1.807, 2.05) is 30.0 Å². The fourth-order valence-corrected chi connectivity index (χ4v) is 2.29. The van der Waals surface area contributed by atoms with Gasteiger partial charge in [0.15, 0.2) is 0 Å². The molecule has 4 nitrogen and oxygen atoms in total. The van der Waals surface area contributed by atoms with Gasteiger partial charge in [0, 0.05) is 0 Å². The zero-order valence-corrected chi connectivity index (χ0v) is 11.9. The van der Waals surface area contributed by atoms with Crippen molar-refractivity contribution < 1.29 is 14.6 Å². The monoisotopic (exact) mass is 263 g/mol. The number of carboxylic acids is 1. The number of carbonyl (C=O) groups is 1. The summed E-state index contributed by atoms with van der Waals surface area (Å²) in [7, 11) is 0. The minimum Gasteiger partial charge on any atom is -0.486 e. The second-order valence-corrected chi connectivity index (χ2v) is 5.54. The topological polar surface area (TPSA) is 49.8 Å². The van der Waals surface area contributed by atoms with Crippen LogP contribution in [-0.4, -0.2) is 29.8 Å². The van der Waals surface area contributed by atoms with E-state index in [0.717, 1.165) is 17.0 Å². The van der Waals surface area contributed by atoms with Gasteiger partial charge in [-0.15, -0.1) is 0 Å². The van der Waals surface area contributed by atoms with Crippen molar-refractivity contribution in [2.75, 3.05) is 11.4 Å². The van der Waals surface area contributed by atoms with E-state index in [1.165, 1.54) is 0 Å². The van der Waals surface area contributed by atoms with E-state index in [2.05, 4.69) is 13.8 Å². The quantitative estimate of drug-likeness (QED) is 0.911. The molecule has 0 radical (unpaired) electrons. The molecule has 0 aromatic heterocycles. The maximum atomic E-state index is 11.3. The smallest absolute Gasteiger partial charge is 0.326 e. The molecule has 4 heteroatoms. The molecule has 1 N–H and O–H groups in total. The van der Waals surface area contributed by atoms with Crippen LogP contribution in [0.4, 0.5) is 5.69 Å². The fourth-order valence-electron chi connectivity index (χ4n) is 2.29. The predicted molar refractivity (Wildman–Crippen MR) is 74.9 cm³/mol. The maximum absolute atomic E-state index is 11.3. The van der Waals surface area contributed by atoms with Crippen molar-refractivity contribution in [2.45, 2.75) is 39.8 Å². The number of benzene rings is 1. The molecule has 1 aromatic rings. The largest absolute Gasteiger partial charge is 0.486 e. The molecular weight excluding hydrogens is 242 g/mol. The highest BCUT2D eigenvalue weighted by Crippen LogP contribution is 2.36. The summed E-state index contributed by atoms with van der Waals surface area (Å²) in [6, 6.07) is 5.36. The summed E-state index contributed by atoms with van der Waals surface area (Å²) in [6.07, 6.45) is 0.0242. The maximum Gasteiger partial charge on any atom is 0.326 e. The number of hydrogen-bond acceptors (Lipinski definition) is 3. The molecule has 104 valence electrons. The van der Waals surface area contributed by atoms with Crippen LogP contribution in [0.25, 0.3) is 0 Å². The summed E-state index contributed by atoms with van der Waals surface area (Å²) < 4.78 is 6.00. The van der Waals surface area contributed by atoms with Gasteiger partial charge in [-0.2, -0.15) is 0 Å². The second-order valence-electron chi connectivity index (χ2n) is 5.54. The van der Waals surface area contributed by atoms with E-state index in [1.54, 1.807) is 6.92 Å². The lowest BCUT2D eigenvalue weighted by atomic mass is 10.0. The Morgan fingerprint density at radius 3 is 2.68 bits per heavy atom. The number of aliphatic carboxylic acids is 1. The normalized spacial score (nSPS) is 19.8. The van der Waals surface area contributed by atoms with Crippen molar-refractivity contribution in [3.05, 3.63) is 23.8 Å². The SMILES string of the molecule is Cc1ccc2c(c1)OC(C(C)C)CN2C(C)C(=O)O. The summed E-state index contributed by atoms with van der Waals surface area (Å²) >= 11 is 0. The van der Waals surface area contributed by atoms with Crippen LogP contribution in [0.3, 0.4) is 0 Å². The van der Waals surface area contributed by atoms with E-state index in [0.29, 0.717) is 12.5 Å². The van der Waals surface area contributed by atoms with Gasteiger partial charge in [0.2, 0.25) is 0 Å². The van der Waals surface area contributed by atoms with Crippen LogP contribution < -0.4 is 9.64 Å². The summed E-state index contributed by atoms with van der Waals surface area (Å²) in [4.78, 5) is 13.2. The highest BCUT2D eigenvalue weighted by atomic mass is 16.5. The fraction of sp³-hybridized carbons (Fsp3) is 0.533. The third-order valence-corrected chi connectivity index (χ3v) is 3.65. The lowest BCUT2D eigenvalue weighted by Gasteiger charge is -2.40. The molecule has 2 unspecified atom stereocenters. The van der Waals surface area contributed by atoms with Crippen LogP contribution in [0.2, 0.25) is 0 Å². The number of fused-ring (bicyclic) bond motifs is 1. The van der Waals surface area contributed by atoms with Crippen LogP contribution in [0.1, 0.15) is 26.3 Å². The highest BCUT2D eigenvalue weighted by Gasteiger charge is 2.32. The highest BCUT2D eigenvalue weighted by molar-refractivity contribution is 5.79. The number of rotatable bonds is 3. The van der Waals surface area contributed by atoms with E-state index < -0.39 is 12.0 Å². The minimum atomic E-state index is -0.809. The number of ether oxygens (including phenoxy) is 1. The summed E-state index contributed by atoms with van der Waals surface area (Å²) in [5.74, 6) is 0.325. The van der Waals surface area contributed by atoms with Gasteiger partial charge in [0.25, 0.3) is 0 Å². The Hall–Kier alpha value is -1.71. The van der Waals surface area contributed by atoms with Gasteiger partial charge in [0.1, 0.15) is 17.9 Å². The lowest BCUT2D eigenvalue weighted by Crippen LogP contribution is -2.49. The number of nitrogens with zero attached hydrogens (tertiary/aromatic N) is 1. The molecule has 0 bridgehead atoms. The zero-order valence-electron chi connectivity index (χ0n) is 11.9. The molecule has 1 aromatic carbocycles. The molecule has 1 aliphatic heterocycles. The molecule has 1 aliphatic rings. The summed E-state index contributed by atoms with van der Waals surface area (Å²) in [6.45, 7) is 8.52. The van der Waals surface area contributed by atoms with Crippen LogP contribution in [0, 0.1) is 12.8 Å². The Morgan fingerprint density at radius 2 is 2.11 bits per heavy atom.